The van der Waals surface area contributed by atoms with Gasteiger partial charge >= 0.3 is 5.97 Å². The number of ether oxygens (including phenoxy) is 1. The van der Waals surface area contributed by atoms with Crippen molar-refractivity contribution in [2.45, 2.75) is 11.8 Å². The highest BCUT2D eigenvalue weighted by Gasteiger charge is 2.20. The summed E-state index contributed by atoms with van der Waals surface area (Å²) in [4.78, 5) is 24.5. The number of halogens is 1. The van der Waals surface area contributed by atoms with Gasteiger partial charge in [-0.2, -0.15) is 0 Å². The maximum Gasteiger partial charge on any atom is 0.337 e. The van der Waals surface area contributed by atoms with Crippen LogP contribution in [0.15, 0.2) is 71.6 Å². The van der Waals surface area contributed by atoms with Gasteiger partial charge in [0.2, 0.25) is 0 Å². The maximum atomic E-state index is 12.8. The molecular formula is C22H19ClN2O5S. The Morgan fingerprint density at radius 1 is 0.935 bits per heavy atom. The fourth-order valence-electron chi connectivity index (χ4n) is 2.81. The van der Waals surface area contributed by atoms with Crippen molar-refractivity contribution in [3.05, 3.63) is 88.4 Å². The SMILES string of the molecule is COC(=O)c1ccc(Cl)c(NC(=O)c2ccc(C)c(S(=O)(=O)Nc3ccccc3)c2)c1. The third-order valence-corrected chi connectivity index (χ3v) is 6.25. The average molecular weight is 459 g/mol. The number of rotatable bonds is 6. The minimum Gasteiger partial charge on any atom is -0.465 e. The van der Waals surface area contributed by atoms with Gasteiger partial charge in [0.05, 0.1) is 28.3 Å². The molecule has 7 nitrogen and oxygen atoms in total. The van der Waals surface area contributed by atoms with E-state index in [-0.39, 0.29) is 26.7 Å². The standard InChI is InChI=1S/C22H19ClN2O5S/c1-14-8-9-15(13-20(14)31(28,29)25-17-6-4-3-5-7-17)21(26)24-19-12-16(22(27)30-2)10-11-18(19)23/h3-13,25H,1-2H3,(H,24,26). The summed E-state index contributed by atoms with van der Waals surface area (Å²) in [5.41, 5.74) is 1.40. The van der Waals surface area contributed by atoms with E-state index in [4.69, 9.17) is 11.6 Å². The average Bonchev–Trinajstić information content (AvgIpc) is 2.75. The molecule has 0 atom stereocenters. The van der Waals surface area contributed by atoms with Gasteiger partial charge in [-0.15, -0.1) is 0 Å². The number of aryl methyl sites for hydroxylation is 1. The van der Waals surface area contributed by atoms with E-state index in [0.717, 1.165) is 0 Å². The van der Waals surface area contributed by atoms with E-state index in [9.17, 15) is 18.0 Å². The van der Waals surface area contributed by atoms with Crippen molar-refractivity contribution in [2.75, 3.05) is 17.1 Å². The molecule has 0 aromatic heterocycles. The maximum absolute atomic E-state index is 12.8. The third kappa shape index (κ3) is 5.22. The van der Waals surface area contributed by atoms with Crippen molar-refractivity contribution in [3.63, 3.8) is 0 Å². The number of sulfonamides is 1. The van der Waals surface area contributed by atoms with Crippen LogP contribution < -0.4 is 10.0 Å². The van der Waals surface area contributed by atoms with Crippen LogP contribution in [-0.2, 0) is 14.8 Å². The fourth-order valence-corrected chi connectivity index (χ4v) is 4.30. The monoisotopic (exact) mass is 458 g/mol. The van der Waals surface area contributed by atoms with Crippen LogP contribution in [0, 0.1) is 6.92 Å². The highest BCUT2D eigenvalue weighted by atomic mass is 35.5. The van der Waals surface area contributed by atoms with Gasteiger partial charge in [0.25, 0.3) is 15.9 Å². The van der Waals surface area contributed by atoms with Gasteiger partial charge in [-0.25, -0.2) is 13.2 Å². The van der Waals surface area contributed by atoms with Gasteiger partial charge in [0.1, 0.15) is 0 Å². The summed E-state index contributed by atoms with van der Waals surface area (Å²) >= 11 is 6.12. The number of para-hydroxylation sites is 1. The van der Waals surface area contributed by atoms with Crippen LogP contribution in [0.5, 0.6) is 0 Å². The molecule has 3 aromatic carbocycles. The molecule has 0 aliphatic heterocycles. The highest BCUT2D eigenvalue weighted by Crippen LogP contribution is 2.25. The smallest absolute Gasteiger partial charge is 0.337 e. The van der Waals surface area contributed by atoms with Crippen LogP contribution in [0.2, 0.25) is 5.02 Å². The number of benzene rings is 3. The molecule has 0 aliphatic rings. The number of amides is 1. The van der Waals surface area contributed by atoms with Gasteiger partial charge in [0.15, 0.2) is 0 Å². The van der Waals surface area contributed by atoms with Crippen LogP contribution in [-0.4, -0.2) is 27.4 Å². The lowest BCUT2D eigenvalue weighted by atomic mass is 10.1. The van der Waals surface area contributed by atoms with Gasteiger partial charge in [-0.1, -0.05) is 35.9 Å². The Morgan fingerprint density at radius 2 is 1.61 bits per heavy atom. The Morgan fingerprint density at radius 3 is 2.29 bits per heavy atom. The Kier molecular flexibility index (Phi) is 6.62. The van der Waals surface area contributed by atoms with Crippen molar-refractivity contribution >= 4 is 44.9 Å². The molecule has 0 spiro atoms. The van der Waals surface area contributed by atoms with Crippen LogP contribution in [0.1, 0.15) is 26.3 Å². The molecule has 9 heteroatoms. The Labute approximate surface area is 185 Å². The first-order valence-corrected chi connectivity index (χ1v) is 10.9. The number of carbonyl (C=O) groups excluding carboxylic acids is 2. The predicted octanol–water partition coefficient (Wildman–Crippen LogP) is 4.49. The number of esters is 1. The van der Waals surface area contributed by atoms with Crippen molar-refractivity contribution in [1.82, 2.24) is 0 Å². The lowest BCUT2D eigenvalue weighted by molar-refractivity contribution is 0.0600. The van der Waals surface area contributed by atoms with E-state index >= 15 is 0 Å². The molecule has 0 aliphatic carbocycles. The normalized spacial score (nSPS) is 10.9. The topological polar surface area (TPSA) is 102 Å². The number of methoxy groups -OCH3 is 1. The van der Waals surface area contributed by atoms with E-state index in [1.165, 1.54) is 37.4 Å². The second-order valence-electron chi connectivity index (χ2n) is 6.59. The summed E-state index contributed by atoms with van der Waals surface area (Å²) in [7, 11) is -2.68. The fraction of sp³-hybridized carbons (Fsp3) is 0.0909. The summed E-state index contributed by atoms with van der Waals surface area (Å²) < 4.78 is 32.9. The molecule has 0 heterocycles. The second-order valence-corrected chi connectivity index (χ2v) is 8.65. The van der Waals surface area contributed by atoms with Gasteiger partial charge in [-0.05, 0) is 55.0 Å². The Hall–Kier alpha value is -3.36. The molecule has 3 aromatic rings. The third-order valence-electron chi connectivity index (χ3n) is 4.40. The van der Waals surface area contributed by atoms with E-state index in [1.807, 2.05) is 0 Å². The molecule has 160 valence electrons. The van der Waals surface area contributed by atoms with Crippen molar-refractivity contribution in [2.24, 2.45) is 0 Å². The summed E-state index contributed by atoms with van der Waals surface area (Å²) in [6, 6.07) is 17.1. The molecule has 0 saturated carbocycles. The molecule has 0 saturated heterocycles. The zero-order chi connectivity index (χ0) is 22.6. The van der Waals surface area contributed by atoms with Crippen LogP contribution in [0.25, 0.3) is 0 Å². The molecule has 0 bridgehead atoms. The molecule has 0 fully saturated rings. The van der Waals surface area contributed by atoms with Gasteiger partial charge in [0, 0.05) is 11.3 Å². The summed E-state index contributed by atoms with van der Waals surface area (Å²) in [6.45, 7) is 1.64. The van der Waals surface area contributed by atoms with E-state index in [2.05, 4.69) is 14.8 Å². The zero-order valence-electron chi connectivity index (χ0n) is 16.7. The number of anilines is 2. The van der Waals surface area contributed by atoms with E-state index < -0.39 is 21.9 Å². The first kappa shape index (κ1) is 22.3. The number of hydrogen-bond donors (Lipinski definition) is 2. The minimum absolute atomic E-state index is 0.0292. The highest BCUT2D eigenvalue weighted by molar-refractivity contribution is 7.92. The number of carbonyl (C=O) groups is 2. The van der Waals surface area contributed by atoms with Crippen LogP contribution in [0.3, 0.4) is 0 Å². The first-order chi connectivity index (χ1) is 14.7. The van der Waals surface area contributed by atoms with Crippen molar-refractivity contribution < 1.29 is 22.7 Å². The number of nitrogens with one attached hydrogen (secondary N) is 2. The van der Waals surface area contributed by atoms with Crippen LogP contribution >= 0.6 is 11.6 Å². The molecule has 0 unspecified atom stereocenters. The zero-order valence-corrected chi connectivity index (χ0v) is 18.3. The van der Waals surface area contributed by atoms with E-state index in [1.54, 1.807) is 43.3 Å². The number of hydrogen-bond acceptors (Lipinski definition) is 5. The van der Waals surface area contributed by atoms with Gasteiger partial charge < -0.3 is 10.1 Å². The summed E-state index contributed by atoms with van der Waals surface area (Å²) in [5, 5.41) is 2.81. The van der Waals surface area contributed by atoms with Crippen molar-refractivity contribution in [3.8, 4) is 0 Å². The minimum atomic E-state index is -3.92. The second kappa shape index (κ2) is 9.20. The predicted molar refractivity (Wildman–Crippen MR) is 119 cm³/mol. The molecule has 3 rings (SSSR count). The first-order valence-electron chi connectivity index (χ1n) is 9.09. The molecular weight excluding hydrogens is 440 g/mol. The van der Waals surface area contributed by atoms with Gasteiger partial charge in [-0.3, -0.25) is 9.52 Å². The Balaban J connectivity index is 1.89. The largest absolute Gasteiger partial charge is 0.465 e. The lowest BCUT2D eigenvalue weighted by Gasteiger charge is -2.13. The van der Waals surface area contributed by atoms with E-state index in [0.29, 0.717) is 11.3 Å². The molecule has 2 N–H and O–H groups in total. The lowest BCUT2D eigenvalue weighted by Crippen LogP contribution is -2.17. The quantitative estimate of drug-likeness (QED) is 0.530. The summed E-state index contributed by atoms with van der Waals surface area (Å²) in [5.74, 6) is -1.16. The van der Waals surface area contributed by atoms with Crippen molar-refractivity contribution in [1.29, 1.82) is 0 Å². The molecule has 1 amide bonds. The van der Waals surface area contributed by atoms with Crippen LogP contribution in [0.4, 0.5) is 11.4 Å². The summed E-state index contributed by atoms with van der Waals surface area (Å²) in [6.07, 6.45) is 0. The molecule has 0 radical (unpaired) electrons. The Bertz CT molecular complexity index is 1240. The molecule has 31 heavy (non-hydrogen) atoms.